The Kier molecular flexibility index (Phi) is 7.76. The number of nitrogens with one attached hydrogen (secondary N) is 1. The monoisotopic (exact) mass is 263 g/mol. The van der Waals surface area contributed by atoms with Crippen LogP contribution >= 0.6 is 0 Å². The number of aryl methyl sites for hydroxylation is 1. The van der Waals surface area contributed by atoms with E-state index < -0.39 is 0 Å². The molecule has 0 aliphatic rings. The Labute approximate surface area is 118 Å². The molecule has 1 aromatic rings. The first-order chi connectivity index (χ1) is 9.21. The van der Waals surface area contributed by atoms with Crippen LogP contribution in [0.25, 0.3) is 0 Å². The third-order valence-corrected chi connectivity index (χ3v) is 3.78. The highest BCUT2D eigenvalue weighted by molar-refractivity contribution is 5.24. The van der Waals surface area contributed by atoms with E-state index in [2.05, 4.69) is 50.4 Å². The van der Waals surface area contributed by atoms with Crippen LogP contribution in [-0.4, -0.2) is 18.3 Å². The van der Waals surface area contributed by atoms with E-state index >= 15 is 0 Å². The summed E-state index contributed by atoms with van der Waals surface area (Å²) >= 11 is 0. The van der Waals surface area contributed by atoms with Gasteiger partial charge in [-0.3, -0.25) is 0 Å². The number of aliphatic hydroxyl groups excluding tert-OH is 1. The van der Waals surface area contributed by atoms with Crippen molar-refractivity contribution in [2.24, 2.45) is 5.92 Å². The van der Waals surface area contributed by atoms with Crippen molar-refractivity contribution in [2.45, 2.75) is 52.5 Å². The van der Waals surface area contributed by atoms with Crippen LogP contribution in [0.3, 0.4) is 0 Å². The summed E-state index contributed by atoms with van der Waals surface area (Å²) in [5.41, 5.74) is 2.68. The van der Waals surface area contributed by atoms with Crippen LogP contribution in [0.1, 0.15) is 56.7 Å². The maximum atomic E-state index is 9.11. The Morgan fingerprint density at radius 3 is 2.32 bits per heavy atom. The molecule has 0 radical (unpaired) electrons. The maximum Gasteiger partial charge on any atom is 0.0434 e. The minimum Gasteiger partial charge on any atom is -0.396 e. The van der Waals surface area contributed by atoms with Crippen molar-refractivity contribution in [1.82, 2.24) is 5.32 Å². The summed E-state index contributed by atoms with van der Waals surface area (Å²) in [4.78, 5) is 0. The van der Waals surface area contributed by atoms with Gasteiger partial charge in [0, 0.05) is 12.6 Å². The molecule has 0 heterocycles. The fourth-order valence-electron chi connectivity index (χ4n) is 2.54. The van der Waals surface area contributed by atoms with Crippen LogP contribution in [0, 0.1) is 12.8 Å². The first-order valence-corrected chi connectivity index (χ1v) is 7.62. The predicted molar refractivity (Wildman–Crippen MR) is 82.3 cm³/mol. The van der Waals surface area contributed by atoms with Crippen molar-refractivity contribution in [3.8, 4) is 0 Å². The van der Waals surface area contributed by atoms with Gasteiger partial charge in [0.2, 0.25) is 0 Å². The highest BCUT2D eigenvalue weighted by atomic mass is 16.3. The topological polar surface area (TPSA) is 32.3 Å². The molecule has 2 unspecified atom stereocenters. The van der Waals surface area contributed by atoms with Gasteiger partial charge in [0.15, 0.2) is 0 Å². The van der Waals surface area contributed by atoms with E-state index in [1.165, 1.54) is 24.0 Å². The van der Waals surface area contributed by atoms with E-state index in [1.54, 1.807) is 0 Å². The van der Waals surface area contributed by atoms with Crippen LogP contribution in [0.5, 0.6) is 0 Å². The van der Waals surface area contributed by atoms with Gasteiger partial charge < -0.3 is 10.4 Å². The second-order valence-corrected chi connectivity index (χ2v) is 5.45. The molecule has 1 aromatic carbocycles. The Bertz CT molecular complexity index is 328. The lowest BCUT2D eigenvalue weighted by Crippen LogP contribution is -2.27. The summed E-state index contributed by atoms with van der Waals surface area (Å²) in [6, 6.07) is 9.22. The molecule has 19 heavy (non-hydrogen) atoms. The summed E-state index contributed by atoms with van der Waals surface area (Å²) in [5, 5.41) is 12.8. The van der Waals surface area contributed by atoms with Crippen molar-refractivity contribution in [3.63, 3.8) is 0 Å². The van der Waals surface area contributed by atoms with Gasteiger partial charge >= 0.3 is 0 Å². The molecule has 0 bridgehead atoms. The standard InChI is InChI=1S/C17H29NO/c1-4-6-15(11-12-19)13-18-17(5-2)16-9-7-14(3)8-10-16/h7-10,15,17-19H,4-6,11-13H2,1-3H3. The van der Waals surface area contributed by atoms with E-state index in [0.717, 1.165) is 19.4 Å². The SMILES string of the molecule is CCCC(CCO)CNC(CC)c1ccc(C)cc1. The lowest BCUT2D eigenvalue weighted by Gasteiger charge is -2.22. The Morgan fingerprint density at radius 1 is 1.11 bits per heavy atom. The third kappa shape index (κ3) is 5.75. The van der Waals surface area contributed by atoms with Crippen molar-refractivity contribution in [3.05, 3.63) is 35.4 Å². The molecule has 0 saturated heterocycles. The van der Waals surface area contributed by atoms with Crippen LogP contribution in [0.15, 0.2) is 24.3 Å². The number of rotatable bonds is 9. The van der Waals surface area contributed by atoms with Crippen molar-refractivity contribution in [2.75, 3.05) is 13.2 Å². The largest absolute Gasteiger partial charge is 0.396 e. The molecule has 2 atom stereocenters. The molecule has 0 aliphatic heterocycles. The van der Waals surface area contributed by atoms with Gasteiger partial charge in [-0.25, -0.2) is 0 Å². The van der Waals surface area contributed by atoms with Gasteiger partial charge in [-0.2, -0.15) is 0 Å². The summed E-state index contributed by atoms with van der Waals surface area (Å²) in [6.45, 7) is 7.85. The van der Waals surface area contributed by atoms with Crippen molar-refractivity contribution in [1.29, 1.82) is 0 Å². The minimum atomic E-state index is 0.299. The average molecular weight is 263 g/mol. The zero-order valence-electron chi connectivity index (χ0n) is 12.7. The fraction of sp³-hybridized carbons (Fsp3) is 0.647. The lowest BCUT2D eigenvalue weighted by atomic mass is 9.98. The van der Waals surface area contributed by atoms with E-state index in [-0.39, 0.29) is 0 Å². The first-order valence-electron chi connectivity index (χ1n) is 7.62. The van der Waals surface area contributed by atoms with Crippen LogP contribution in [0.4, 0.5) is 0 Å². The first kappa shape index (κ1) is 16.2. The highest BCUT2D eigenvalue weighted by Crippen LogP contribution is 2.19. The smallest absolute Gasteiger partial charge is 0.0434 e. The molecule has 0 spiro atoms. The predicted octanol–water partition coefficient (Wildman–Crippen LogP) is 3.83. The highest BCUT2D eigenvalue weighted by Gasteiger charge is 2.12. The van der Waals surface area contributed by atoms with Gasteiger partial charge in [0.1, 0.15) is 0 Å². The molecule has 2 nitrogen and oxygen atoms in total. The molecular formula is C17H29NO. The molecule has 0 aromatic heterocycles. The Hall–Kier alpha value is -0.860. The zero-order valence-corrected chi connectivity index (χ0v) is 12.7. The lowest BCUT2D eigenvalue weighted by molar-refractivity contribution is 0.244. The van der Waals surface area contributed by atoms with Crippen LogP contribution in [0.2, 0.25) is 0 Å². The number of hydrogen-bond donors (Lipinski definition) is 2. The van der Waals surface area contributed by atoms with Crippen molar-refractivity contribution < 1.29 is 5.11 Å². The second-order valence-electron chi connectivity index (χ2n) is 5.45. The van der Waals surface area contributed by atoms with E-state index in [9.17, 15) is 0 Å². The van der Waals surface area contributed by atoms with Crippen LogP contribution < -0.4 is 5.32 Å². The molecule has 2 N–H and O–H groups in total. The summed E-state index contributed by atoms with van der Waals surface area (Å²) < 4.78 is 0. The molecule has 0 aliphatic carbocycles. The molecule has 0 saturated carbocycles. The second kappa shape index (κ2) is 9.11. The number of aliphatic hydroxyl groups is 1. The number of benzene rings is 1. The van der Waals surface area contributed by atoms with Gasteiger partial charge in [-0.05, 0) is 44.2 Å². The number of hydrogen-bond acceptors (Lipinski definition) is 2. The zero-order chi connectivity index (χ0) is 14.1. The van der Waals surface area contributed by atoms with Crippen LogP contribution in [-0.2, 0) is 0 Å². The molecular weight excluding hydrogens is 234 g/mol. The quantitative estimate of drug-likeness (QED) is 0.709. The molecule has 1 rings (SSSR count). The maximum absolute atomic E-state index is 9.11. The summed E-state index contributed by atoms with van der Waals surface area (Å²) in [6.07, 6.45) is 4.39. The summed E-state index contributed by atoms with van der Waals surface area (Å²) in [7, 11) is 0. The molecule has 108 valence electrons. The van der Waals surface area contributed by atoms with E-state index in [4.69, 9.17) is 5.11 Å². The molecule has 0 amide bonds. The molecule has 2 heteroatoms. The Balaban J connectivity index is 2.53. The van der Waals surface area contributed by atoms with Gasteiger partial charge in [0.05, 0.1) is 0 Å². The van der Waals surface area contributed by atoms with Crippen molar-refractivity contribution >= 4 is 0 Å². The van der Waals surface area contributed by atoms with Gasteiger partial charge in [0.25, 0.3) is 0 Å². The van der Waals surface area contributed by atoms with Gasteiger partial charge in [-0.1, -0.05) is 50.1 Å². The average Bonchev–Trinajstić information content (AvgIpc) is 2.41. The third-order valence-electron chi connectivity index (χ3n) is 3.78. The fourth-order valence-corrected chi connectivity index (χ4v) is 2.54. The summed E-state index contributed by atoms with van der Waals surface area (Å²) in [5.74, 6) is 0.592. The normalized spacial score (nSPS) is 14.3. The van der Waals surface area contributed by atoms with Gasteiger partial charge in [-0.15, -0.1) is 0 Å². The molecule has 0 fully saturated rings. The minimum absolute atomic E-state index is 0.299. The van der Waals surface area contributed by atoms with E-state index in [1.807, 2.05) is 0 Å². The van der Waals surface area contributed by atoms with E-state index in [0.29, 0.717) is 18.6 Å². The Morgan fingerprint density at radius 2 is 1.79 bits per heavy atom.